The monoisotopic (exact) mass is 397 g/mol. The lowest BCUT2D eigenvalue weighted by atomic mass is 10.1. The Hall–Kier alpha value is -2.38. The van der Waals surface area contributed by atoms with E-state index in [1.807, 2.05) is 19.1 Å². The molecule has 1 fully saturated rings. The summed E-state index contributed by atoms with van der Waals surface area (Å²) in [4.78, 5) is 32.7. The van der Waals surface area contributed by atoms with Crippen LogP contribution in [0.3, 0.4) is 0 Å². The number of nitrogens with zero attached hydrogens (tertiary/aromatic N) is 2. The van der Waals surface area contributed by atoms with Crippen molar-refractivity contribution in [2.75, 3.05) is 24.6 Å². The van der Waals surface area contributed by atoms with Gasteiger partial charge in [0.25, 0.3) is 11.8 Å². The number of nitrogens with one attached hydrogen (secondary N) is 1. The molecule has 0 saturated carbocycles. The summed E-state index contributed by atoms with van der Waals surface area (Å²) in [5.74, 6) is -0.176. The van der Waals surface area contributed by atoms with Crippen molar-refractivity contribution in [2.24, 2.45) is 0 Å². The third-order valence-corrected chi connectivity index (χ3v) is 5.99. The van der Waals surface area contributed by atoms with Gasteiger partial charge in [0.1, 0.15) is 5.03 Å². The van der Waals surface area contributed by atoms with Crippen molar-refractivity contribution < 1.29 is 14.3 Å². The van der Waals surface area contributed by atoms with Crippen LogP contribution in [0.25, 0.3) is 0 Å². The first-order valence-electron chi connectivity index (χ1n) is 9.66. The molecule has 1 N–H and O–H groups in total. The molecule has 0 spiro atoms. The summed E-state index contributed by atoms with van der Waals surface area (Å²) in [7, 11) is 0. The smallest absolute Gasteiger partial charge is 0.261 e. The van der Waals surface area contributed by atoms with Crippen molar-refractivity contribution in [3.05, 3.63) is 47.7 Å². The number of hydrogen-bond donors (Lipinski definition) is 1. The number of ether oxygens (including phenoxy) is 1. The van der Waals surface area contributed by atoms with Gasteiger partial charge in [-0.1, -0.05) is 18.7 Å². The van der Waals surface area contributed by atoms with Gasteiger partial charge in [0.05, 0.1) is 17.4 Å². The Labute approximate surface area is 168 Å². The lowest BCUT2D eigenvalue weighted by molar-refractivity contribution is 0.0857. The molecule has 7 heteroatoms. The molecule has 0 unspecified atom stereocenters. The SMILES string of the molecule is CCCN1C(=O)c2cccnc2Sc2cc(C(=O)NC[C@H]3CCCO3)ccc21. The Morgan fingerprint density at radius 1 is 1.39 bits per heavy atom. The van der Waals surface area contributed by atoms with E-state index in [-0.39, 0.29) is 17.9 Å². The first kappa shape index (κ1) is 19.0. The molecule has 146 valence electrons. The number of benzene rings is 1. The summed E-state index contributed by atoms with van der Waals surface area (Å²) >= 11 is 1.43. The summed E-state index contributed by atoms with van der Waals surface area (Å²) in [6, 6.07) is 9.08. The zero-order valence-electron chi connectivity index (χ0n) is 15.8. The molecular weight excluding hydrogens is 374 g/mol. The number of hydrogen-bond acceptors (Lipinski definition) is 5. The lowest BCUT2D eigenvalue weighted by Crippen LogP contribution is -2.32. The van der Waals surface area contributed by atoms with Gasteiger partial charge in [-0.15, -0.1) is 0 Å². The predicted molar refractivity (Wildman–Crippen MR) is 108 cm³/mol. The van der Waals surface area contributed by atoms with Gasteiger partial charge in [-0.25, -0.2) is 4.98 Å². The molecule has 2 amide bonds. The maximum Gasteiger partial charge on any atom is 0.261 e. The van der Waals surface area contributed by atoms with Gasteiger partial charge in [0, 0.05) is 36.4 Å². The van der Waals surface area contributed by atoms with Gasteiger partial charge in [0.15, 0.2) is 0 Å². The third kappa shape index (κ3) is 3.77. The van der Waals surface area contributed by atoms with Crippen molar-refractivity contribution >= 4 is 29.3 Å². The molecule has 2 aliphatic rings. The van der Waals surface area contributed by atoms with E-state index in [0.717, 1.165) is 36.5 Å². The van der Waals surface area contributed by atoms with E-state index in [4.69, 9.17) is 4.74 Å². The first-order chi connectivity index (χ1) is 13.7. The van der Waals surface area contributed by atoms with Gasteiger partial charge < -0.3 is 15.0 Å². The fraction of sp³-hybridized carbons (Fsp3) is 0.381. The van der Waals surface area contributed by atoms with E-state index in [1.54, 1.807) is 29.3 Å². The van der Waals surface area contributed by atoms with E-state index >= 15 is 0 Å². The second-order valence-electron chi connectivity index (χ2n) is 6.94. The quantitative estimate of drug-likeness (QED) is 0.836. The van der Waals surface area contributed by atoms with Crippen LogP contribution in [0.2, 0.25) is 0 Å². The zero-order chi connectivity index (χ0) is 19.5. The summed E-state index contributed by atoms with van der Waals surface area (Å²) in [5.41, 5.74) is 2.00. The fourth-order valence-electron chi connectivity index (χ4n) is 3.51. The Balaban J connectivity index is 1.62. The maximum absolute atomic E-state index is 13.0. The molecule has 6 nitrogen and oxygen atoms in total. The van der Waals surface area contributed by atoms with Crippen molar-refractivity contribution in [3.8, 4) is 0 Å². The van der Waals surface area contributed by atoms with Crippen LogP contribution in [0, 0.1) is 0 Å². The molecule has 1 saturated heterocycles. The fourth-order valence-corrected chi connectivity index (χ4v) is 4.57. The van der Waals surface area contributed by atoms with Gasteiger partial charge >= 0.3 is 0 Å². The Bertz CT molecular complexity index is 896. The number of aromatic nitrogens is 1. The van der Waals surface area contributed by atoms with Crippen molar-refractivity contribution in [3.63, 3.8) is 0 Å². The number of anilines is 1. The molecule has 4 rings (SSSR count). The molecule has 2 aromatic rings. The minimum Gasteiger partial charge on any atom is -0.376 e. The Kier molecular flexibility index (Phi) is 5.64. The number of amides is 2. The second kappa shape index (κ2) is 8.32. The highest BCUT2D eigenvalue weighted by Gasteiger charge is 2.28. The van der Waals surface area contributed by atoms with Crippen molar-refractivity contribution in [2.45, 2.75) is 42.2 Å². The van der Waals surface area contributed by atoms with Crippen molar-refractivity contribution in [1.82, 2.24) is 10.3 Å². The van der Waals surface area contributed by atoms with E-state index in [0.29, 0.717) is 29.2 Å². The van der Waals surface area contributed by atoms with Gasteiger partial charge in [0.2, 0.25) is 0 Å². The average Bonchev–Trinajstić information content (AvgIpc) is 3.20. The molecule has 3 heterocycles. The number of rotatable bonds is 5. The van der Waals surface area contributed by atoms with E-state index in [2.05, 4.69) is 10.3 Å². The highest BCUT2D eigenvalue weighted by molar-refractivity contribution is 7.99. The van der Waals surface area contributed by atoms with Crippen molar-refractivity contribution in [1.29, 1.82) is 0 Å². The van der Waals surface area contributed by atoms with Crippen LogP contribution < -0.4 is 10.2 Å². The van der Waals surface area contributed by atoms with Gasteiger partial charge in [-0.2, -0.15) is 0 Å². The number of carbonyl (C=O) groups excluding carboxylic acids is 2. The number of pyridine rings is 1. The molecule has 0 aliphatic carbocycles. The normalized spacial score (nSPS) is 18.4. The molecule has 1 atom stereocenters. The van der Waals surface area contributed by atoms with Crippen LogP contribution in [0.4, 0.5) is 5.69 Å². The van der Waals surface area contributed by atoms with E-state index in [1.165, 1.54) is 11.8 Å². The second-order valence-corrected chi connectivity index (χ2v) is 7.97. The highest BCUT2D eigenvalue weighted by Crippen LogP contribution is 2.40. The predicted octanol–water partition coefficient (Wildman–Crippen LogP) is 3.51. The topological polar surface area (TPSA) is 71.5 Å². The van der Waals surface area contributed by atoms with E-state index in [9.17, 15) is 9.59 Å². The molecule has 2 aliphatic heterocycles. The molecule has 0 bridgehead atoms. The first-order valence-corrected chi connectivity index (χ1v) is 10.5. The standard InChI is InChI=1S/C21H23N3O3S/c1-2-10-24-17-8-7-14(19(25)23-13-15-5-4-11-27-15)12-18(17)28-20-16(21(24)26)6-3-9-22-20/h3,6-9,12,15H,2,4-5,10-11,13H2,1H3,(H,23,25)/t15-/m1/s1. The van der Waals surface area contributed by atoms with Gasteiger partial charge in [-0.3, -0.25) is 9.59 Å². The number of carbonyl (C=O) groups is 2. The van der Waals surface area contributed by atoms with Crippen LogP contribution in [-0.4, -0.2) is 42.6 Å². The minimum absolute atomic E-state index is 0.0493. The van der Waals surface area contributed by atoms with Crippen LogP contribution in [0.1, 0.15) is 46.9 Å². The molecule has 0 radical (unpaired) electrons. The summed E-state index contributed by atoms with van der Waals surface area (Å²) in [6.07, 6.45) is 4.66. The molecule has 1 aromatic carbocycles. The van der Waals surface area contributed by atoms with Gasteiger partial charge in [-0.05, 0) is 49.6 Å². The molecule has 28 heavy (non-hydrogen) atoms. The summed E-state index contributed by atoms with van der Waals surface area (Å²) in [6.45, 7) is 3.95. The summed E-state index contributed by atoms with van der Waals surface area (Å²) in [5, 5.41) is 3.63. The average molecular weight is 398 g/mol. The molecule has 1 aromatic heterocycles. The maximum atomic E-state index is 13.0. The molecular formula is C21H23N3O3S. The van der Waals surface area contributed by atoms with Crippen LogP contribution >= 0.6 is 11.8 Å². The summed E-state index contributed by atoms with van der Waals surface area (Å²) < 4.78 is 5.57. The van der Waals surface area contributed by atoms with Crippen LogP contribution in [0.15, 0.2) is 46.5 Å². The lowest BCUT2D eigenvalue weighted by Gasteiger charge is -2.22. The van der Waals surface area contributed by atoms with E-state index < -0.39 is 0 Å². The minimum atomic E-state index is -0.127. The number of fused-ring (bicyclic) bond motifs is 2. The zero-order valence-corrected chi connectivity index (χ0v) is 16.6. The Morgan fingerprint density at radius 3 is 3.07 bits per heavy atom. The third-order valence-electron chi connectivity index (χ3n) is 4.93. The Morgan fingerprint density at radius 2 is 2.29 bits per heavy atom. The van der Waals surface area contributed by atoms with Crippen LogP contribution in [-0.2, 0) is 4.74 Å². The van der Waals surface area contributed by atoms with Crippen LogP contribution in [0.5, 0.6) is 0 Å². The largest absolute Gasteiger partial charge is 0.376 e. The highest BCUT2D eigenvalue weighted by atomic mass is 32.2.